The Labute approximate surface area is 116 Å². The second-order valence-electron chi connectivity index (χ2n) is 4.48. The summed E-state index contributed by atoms with van der Waals surface area (Å²) in [5, 5.41) is 0. The minimum atomic E-state index is -0.108. The number of carbonyl (C=O) groups excluding carboxylic acids is 1. The number of nitrogens with zero attached hydrogens (tertiary/aromatic N) is 3. The van der Waals surface area contributed by atoms with Crippen molar-refractivity contribution >= 4 is 11.6 Å². The van der Waals surface area contributed by atoms with Gasteiger partial charge in [0.25, 0.3) is 5.91 Å². The summed E-state index contributed by atoms with van der Waals surface area (Å²) in [6.45, 7) is 3.06. The van der Waals surface area contributed by atoms with Crippen molar-refractivity contribution in [3.05, 3.63) is 60.4 Å². The van der Waals surface area contributed by atoms with Gasteiger partial charge in [-0.2, -0.15) is 0 Å². The summed E-state index contributed by atoms with van der Waals surface area (Å²) in [6, 6.07) is 9.23. The van der Waals surface area contributed by atoms with Crippen molar-refractivity contribution < 1.29 is 9.21 Å². The van der Waals surface area contributed by atoms with Gasteiger partial charge in [-0.15, -0.1) is 0 Å². The molecule has 0 spiro atoms. The van der Waals surface area contributed by atoms with Gasteiger partial charge < -0.3 is 13.7 Å². The Balaban J connectivity index is 1.86. The molecule has 0 aliphatic heterocycles. The smallest absolute Gasteiger partial charge is 0.289 e. The fourth-order valence-electron chi connectivity index (χ4n) is 2.18. The van der Waals surface area contributed by atoms with Crippen molar-refractivity contribution in [2.75, 3.05) is 6.54 Å². The van der Waals surface area contributed by atoms with Crippen LogP contribution in [0.1, 0.15) is 23.2 Å². The third-order valence-corrected chi connectivity index (χ3v) is 3.25. The second-order valence-corrected chi connectivity index (χ2v) is 4.48. The molecule has 0 fully saturated rings. The maximum atomic E-state index is 12.3. The van der Waals surface area contributed by atoms with Gasteiger partial charge in [0.2, 0.25) is 0 Å². The minimum Gasteiger partial charge on any atom is -0.459 e. The van der Waals surface area contributed by atoms with Gasteiger partial charge in [0.15, 0.2) is 5.76 Å². The van der Waals surface area contributed by atoms with Crippen molar-refractivity contribution in [3.8, 4) is 0 Å². The highest BCUT2D eigenvalue weighted by molar-refractivity contribution is 5.91. The molecule has 3 aromatic heterocycles. The Morgan fingerprint density at radius 2 is 2.25 bits per heavy atom. The predicted octanol–water partition coefficient (Wildman–Crippen LogP) is 2.59. The van der Waals surface area contributed by atoms with Gasteiger partial charge in [-0.3, -0.25) is 4.79 Å². The summed E-state index contributed by atoms with van der Waals surface area (Å²) in [4.78, 5) is 18.4. The van der Waals surface area contributed by atoms with E-state index < -0.39 is 0 Å². The van der Waals surface area contributed by atoms with E-state index in [1.165, 1.54) is 6.26 Å². The first-order valence-electron chi connectivity index (χ1n) is 6.53. The van der Waals surface area contributed by atoms with Gasteiger partial charge in [0.1, 0.15) is 5.65 Å². The maximum Gasteiger partial charge on any atom is 0.289 e. The lowest BCUT2D eigenvalue weighted by atomic mass is 10.3. The van der Waals surface area contributed by atoms with Gasteiger partial charge in [-0.25, -0.2) is 4.98 Å². The van der Waals surface area contributed by atoms with Crippen molar-refractivity contribution in [2.24, 2.45) is 0 Å². The molecule has 102 valence electrons. The summed E-state index contributed by atoms with van der Waals surface area (Å²) >= 11 is 0. The molecule has 5 heteroatoms. The van der Waals surface area contributed by atoms with E-state index in [4.69, 9.17) is 4.42 Å². The van der Waals surface area contributed by atoms with Crippen LogP contribution in [0.25, 0.3) is 5.65 Å². The van der Waals surface area contributed by atoms with Crippen molar-refractivity contribution in [1.29, 1.82) is 0 Å². The van der Waals surface area contributed by atoms with Gasteiger partial charge in [-0.1, -0.05) is 6.07 Å². The van der Waals surface area contributed by atoms with E-state index >= 15 is 0 Å². The normalized spacial score (nSPS) is 10.8. The third-order valence-electron chi connectivity index (χ3n) is 3.25. The van der Waals surface area contributed by atoms with E-state index in [1.807, 2.05) is 35.7 Å². The quantitative estimate of drug-likeness (QED) is 0.731. The first-order valence-corrected chi connectivity index (χ1v) is 6.53. The van der Waals surface area contributed by atoms with Crippen LogP contribution in [0.4, 0.5) is 0 Å². The summed E-state index contributed by atoms with van der Waals surface area (Å²) in [5.74, 6) is 0.254. The molecule has 0 saturated heterocycles. The summed E-state index contributed by atoms with van der Waals surface area (Å²) < 4.78 is 7.16. The first-order chi connectivity index (χ1) is 9.79. The zero-order chi connectivity index (χ0) is 13.9. The third kappa shape index (κ3) is 2.18. The van der Waals surface area contributed by atoms with Crippen LogP contribution in [0.15, 0.2) is 53.4 Å². The van der Waals surface area contributed by atoms with Crippen LogP contribution in [-0.2, 0) is 6.54 Å². The number of rotatable bonds is 4. The molecule has 20 heavy (non-hydrogen) atoms. The molecule has 5 nitrogen and oxygen atoms in total. The van der Waals surface area contributed by atoms with E-state index in [0.29, 0.717) is 18.8 Å². The molecule has 0 unspecified atom stereocenters. The summed E-state index contributed by atoms with van der Waals surface area (Å²) in [5.41, 5.74) is 1.85. The molecule has 1 amide bonds. The number of hydrogen-bond acceptors (Lipinski definition) is 3. The predicted molar refractivity (Wildman–Crippen MR) is 74.3 cm³/mol. The number of aromatic nitrogens is 2. The largest absolute Gasteiger partial charge is 0.459 e. The minimum absolute atomic E-state index is 0.108. The summed E-state index contributed by atoms with van der Waals surface area (Å²) in [6.07, 6.45) is 5.26. The second kappa shape index (κ2) is 5.21. The van der Waals surface area contributed by atoms with Gasteiger partial charge >= 0.3 is 0 Å². The van der Waals surface area contributed by atoms with Crippen LogP contribution in [0, 0.1) is 0 Å². The Kier molecular flexibility index (Phi) is 3.25. The van der Waals surface area contributed by atoms with Crippen LogP contribution in [-0.4, -0.2) is 26.7 Å². The van der Waals surface area contributed by atoms with Gasteiger partial charge in [-0.05, 0) is 31.2 Å². The lowest BCUT2D eigenvalue weighted by Crippen LogP contribution is -2.30. The highest BCUT2D eigenvalue weighted by Crippen LogP contribution is 2.12. The Hall–Kier alpha value is -2.56. The standard InChI is InChI=1S/C15H15N3O2/c1-2-17(15(19)13-6-5-9-20-13)11-12-10-16-14-7-3-4-8-18(12)14/h3-10H,2,11H2,1H3. The fourth-order valence-corrected chi connectivity index (χ4v) is 2.18. The van der Waals surface area contributed by atoms with E-state index in [2.05, 4.69) is 4.98 Å². The topological polar surface area (TPSA) is 50.8 Å². The molecule has 0 aliphatic carbocycles. The van der Waals surface area contributed by atoms with E-state index in [9.17, 15) is 4.79 Å². The molecule has 0 aliphatic rings. The van der Waals surface area contributed by atoms with E-state index in [-0.39, 0.29) is 5.91 Å². The van der Waals surface area contributed by atoms with Crippen LogP contribution in [0.5, 0.6) is 0 Å². The number of furan rings is 1. The zero-order valence-electron chi connectivity index (χ0n) is 11.2. The highest BCUT2D eigenvalue weighted by atomic mass is 16.3. The number of imidazole rings is 1. The number of amides is 1. The average molecular weight is 269 g/mol. The van der Waals surface area contributed by atoms with E-state index in [1.54, 1.807) is 23.2 Å². The SMILES string of the molecule is CCN(Cc1cnc2ccccn12)C(=O)c1ccco1. The Morgan fingerprint density at radius 1 is 1.35 bits per heavy atom. The molecular weight excluding hydrogens is 254 g/mol. The lowest BCUT2D eigenvalue weighted by molar-refractivity contribution is 0.0718. The molecule has 3 heterocycles. The van der Waals surface area contributed by atoms with Gasteiger partial charge in [0, 0.05) is 12.7 Å². The number of hydrogen-bond donors (Lipinski definition) is 0. The molecule has 0 atom stereocenters. The fraction of sp³-hybridized carbons (Fsp3) is 0.200. The molecule has 0 radical (unpaired) electrons. The van der Waals surface area contributed by atoms with Crippen LogP contribution >= 0.6 is 0 Å². The molecule has 3 aromatic rings. The number of pyridine rings is 1. The van der Waals surface area contributed by atoms with Crippen molar-refractivity contribution in [2.45, 2.75) is 13.5 Å². The summed E-state index contributed by atoms with van der Waals surface area (Å²) in [7, 11) is 0. The van der Waals surface area contributed by atoms with Crippen LogP contribution in [0.3, 0.4) is 0 Å². The Bertz CT molecular complexity index is 716. The van der Waals surface area contributed by atoms with Crippen LogP contribution in [0.2, 0.25) is 0 Å². The molecule has 0 aromatic carbocycles. The molecule has 0 N–H and O–H groups in total. The van der Waals surface area contributed by atoms with Gasteiger partial charge in [0.05, 0.1) is 24.7 Å². The molecule has 0 bridgehead atoms. The van der Waals surface area contributed by atoms with E-state index in [0.717, 1.165) is 11.3 Å². The van der Waals surface area contributed by atoms with Crippen molar-refractivity contribution in [3.63, 3.8) is 0 Å². The average Bonchev–Trinajstić information content (AvgIpc) is 3.14. The van der Waals surface area contributed by atoms with Crippen LogP contribution < -0.4 is 0 Å². The maximum absolute atomic E-state index is 12.3. The zero-order valence-corrected chi connectivity index (χ0v) is 11.2. The Morgan fingerprint density at radius 3 is 3.00 bits per heavy atom. The number of fused-ring (bicyclic) bond motifs is 1. The van der Waals surface area contributed by atoms with Crippen molar-refractivity contribution in [1.82, 2.24) is 14.3 Å². The first kappa shape index (κ1) is 12.5. The monoisotopic (exact) mass is 269 g/mol. The molecule has 0 saturated carbocycles. The lowest BCUT2D eigenvalue weighted by Gasteiger charge is -2.19. The molecular formula is C15H15N3O2. The highest BCUT2D eigenvalue weighted by Gasteiger charge is 2.18. The molecule has 3 rings (SSSR count). The number of carbonyl (C=O) groups is 1.